The lowest BCUT2D eigenvalue weighted by molar-refractivity contribution is -0.146. The minimum absolute atomic E-state index is 0.0177. The highest BCUT2D eigenvalue weighted by molar-refractivity contribution is 7.80. The lowest BCUT2D eigenvalue weighted by atomic mass is 9.78. The maximum atomic E-state index is 13.1. The molecule has 4 nitrogen and oxygen atoms in total. The van der Waals surface area contributed by atoms with Crippen LogP contribution in [0.15, 0.2) is 0 Å². The van der Waals surface area contributed by atoms with Crippen LogP contribution in [0.5, 0.6) is 0 Å². The smallest absolute Gasteiger partial charge is 0.236 e. The number of nitrogens with zero attached hydrogens (tertiary/aromatic N) is 1. The van der Waals surface area contributed by atoms with E-state index in [1.807, 2.05) is 0 Å². The average Bonchev–Trinajstić information content (AvgIpc) is 2.91. The van der Waals surface area contributed by atoms with Crippen LogP contribution in [0, 0.1) is 5.41 Å². The van der Waals surface area contributed by atoms with Crippen molar-refractivity contribution in [1.29, 1.82) is 0 Å². The summed E-state index contributed by atoms with van der Waals surface area (Å²) >= 11 is 5.26. The molecule has 2 N–H and O–H groups in total. The van der Waals surface area contributed by atoms with Gasteiger partial charge in [0.15, 0.2) is 0 Å². The van der Waals surface area contributed by atoms with Gasteiger partial charge in [0.25, 0.3) is 0 Å². The molecule has 0 aromatic heterocycles. The quantitative estimate of drug-likeness (QED) is 0.629. The molecule has 0 aromatic carbocycles. The Morgan fingerprint density at radius 2 is 1.48 bits per heavy atom. The highest BCUT2D eigenvalue weighted by Gasteiger charge is 2.58. The van der Waals surface area contributed by atoms with Crippen molar-refractivity contribution in [2.45, 2.75) is 76.2 Å². The van der Waals surface area contributed by atoms with Gasteiger partial charge in [-0.3, -0.25) is 14.5 Å². The molecule has 2 saturated carbocycles. The van der Waals surface area contributed by atoms with E-state index in [0.717, 1.165) is 51.4 Å². The van der Waals surface area contributed by atoms with Gasteiger partial charge < -0.3 is 5.73 Å². The summed E-state index contributed by atoms with van der Waals surface area (Å²) < 4.78 is 0. The van der Waals surface area contributed by atoms with Gasteiger partial charge in [0.05, 0.1) is 10.4 Å². The molecule has 1 heterocycles. The van der Waals surface area contributed by atoms with E-state index in [9.17, 15) is 9.59 Å². The van der Waals surface area contributed by atoms with Crippen LogP contribution in [0.1, 0.15) is 70.6 Å². The molecule has 0 bridgehead atoms. The maximum absolute atomic E-state index is 13.1. The van der Waals surface area contributed by atoms with Gasteiger partial charge in [-0.15, -0.1) is 0 Å². The molecule has 3 fully saturated rings. The summed E-state index contributed by atoms with van der Waals surface area (Å²) in [6.07, 6.45) is 9.97. The molecular formula is C16H24N2O2S. The summed E-state index contributed by atoms with van der Waals surface area (Å²) in [4.78, 5) is 27.6. The van der Waals surface area contributed by atoms with Crippen LogP contribution in [0.25, 0.3) is 0 Å². The van der Waals surface area contributed by atoms with Crippen molar-refractivity contribution in [3.63, 3.8) is 0 Å². The third kappa shape index (κ3) is 2.20. The van der Waals surface area contributed by atoms with Crippen LogP contribution in [0.2, 0.25) is 0 Å². The minimum atomic E-state index is -0.667. The first-order valence-corrected chi connectivity index (χ1v) is 8.60. The van der Waals surface area contributed by atoms with E-state index in [-0.39, 0.29) is 11.8 Å². The van der Waals surface area contributed by atoms with Gasteiger partial charge in [-0.25, -0.2) is 0 Å². The summed E-state index contributed by atoms with van der Waals surface area (Å²) in [6.45, 7) is 0. The number of nitrogens with two attached hydrogens (primary N) is 1. The summed E-state index contributed by atoms with van der Waals surface area (Å²) in [6, 6.07) is 0. The monoisotopic (exact) mass is 308 g/mol. The van der Waals surface area contributed by atoms with Crippen molar-refractivity contribution in [2.75, 3.05) is 0 Å². The largest absolute Gasteiger partial charge is 0.391 e. The van der Waals surface area contributed by atoms with Crippen molar-refractivity contribution >= 4 is 29.0 Å². The molecule has 0 aromatic rings. The number of hydrogen-bond donors (Lipinski definition) is 1. The van der Waals surface area contributed by atoms with E-state index in [1.54, 1.807) is 0 Å². The second kappa shape index (κ2) is 5.34. The fraction of sp³-hybridized carbons (Fsp3) is 0.812. The van der Waals surface area contributed by atoms with E-state index in [4.69, 9.17) is 18.0 Å². The summed E-state index contributed by atoms with van der Waals surface area (Å²) in [5.74, 6) is -0.0271. The molecule has 1 saturated heterocycles. The second-order valence-electron chi connectivity index (χ2n) is 7.01. The topological polar surface area (TPSA) is 63.4 Å². The predicted octanol–water partition coefficient (Wildman–Crippen LogP) is 2.68. The van der Waals surface area contributed by atoms with Crippen LogP contribution in [0.3, 0.4) is 0 Å². The van der Waals surface area contributed by atoms with Crippen LogP contribution >= 0.6 is 12.2 Å². The fourth-order valence-corrected chi connectivity index (χ4v) is 4.86. The summed E-state index contributed by atoms with van der Waals surface area (Å²) in [5.41, 5.74) is 4.85. The Morgan fingerprint density at radius 1 is 0.952 bits per heavy atom. The number of rotatable bonds is 2. The number of amides is 2. The van der Waals surface area contributed by atoms with Crippen LogP contribution in [0.4, 0.5) is 0 Å². The van der Waals surface area contributed by atoms with Crippen LogP contribution in [-0.2, 0) is 9.59 Å². The van der Waals surface area contributed by atoms with Crippen molar-refractivity contribution < 1.29 is 9.59 Å². The average molecular weight is 308 g/mol. The predicted molar refractivity (Wildman–Crippen MR) is 84.6 cm³/mol. The van der Waals surface area contributed by atoms with Crippen LogP contribution in [-0.4, -0.2) is 27.2 Å². The highest BCUT2D eigenvalue weighted by Crippen LogP contribution is 2.49. The summed E-state index contributed by atoms with van der Waals surface area (Å²) in [7, 11) is 0. The SMILES string of the molecule is NC(=S)C1(N2C(=O)CC3(CCCCCC3)C2=O)CCCC1. The standard InChI is InChI=1S/C16H24N2O2S/c17-13(21)16(9-5-6-10-16)18-12(19)11-15(14(18)20)7-3-1-2-4-8-15/h1-11H2,(H2,17,21). The van der Waals surface area contributed by atoms with Gasteiger partial charge in [-0.1, -0.05) is 50.7 Å². The normalized spacial score (nSPS) is 28.1. The molecule has 3 aliphatic rings. The molecule has 3 rings (SSSR count). The lowest BCUT2D eigenvalue weighted by Gasteiger charge is -2.37. The second-order valence-corrected chi connectivity index (χ2v) is 7.45. The fourth-order valence-electron chi connectivity index (χ4n) is 4.56. The zero-order valence-corrected chi connectivity index (χ0v) is 13.3. The van der Waals surface area contributed by atoms with Crippen molar-refractivity contribution in [1.82, 2.24) is 4.90 Å². The Morgan fingerprint density at radius 3 is 2.00 bits per heavy atom. The molecule has 0 atom stereocenters. The Labute approximate surface area is 131 Å². The Balaban J connectivity index is 1.95. The number of hydrogen-bond acceptors (Lipinski definition) is 3. The number of likely N-dealkylation sites (tertiary alicyclic amines) is 1. The van der Waals surface area contributed by atoms with Gasteiger partial charge in [0, 0.05) is 6.42 Å². The zero-order valence-electron chi connectivity index (χ0n) is 12.5. The number of imide groups is 1. The van der Waals surface area contributed by atoms with E-state index < -0.39 is 11.0 Å². The Hall–Kier alpha value is -0.970. The van der Waals surface area contributed by atoms with E-state index in [1.165, 1.54) is 17.7 Å². The first-order valence-electron chi connectivity index (χ1n) is 8.19. The van der Waals surface area contributed by atoms with E-state index >= 15 is 0 Å². The Bertz CT molecular complexity index is 475. The number of carbonyl (C=O) groups excluding carboxylic acids is 2. The molecule has 5 heteroatoms. The van der Waals surface area contributed by atoms with E-state index in [0.29, 0.717) is 11.4 Å². The molecule has 2 aliphatic carbocycles. The van der Waals surface area contributed by atoms with Crippen molar-refractivity contribution in [3.8, 4) is 0 Å². The zero-order chi connectivity index (χ0) is 15.1. The van der Waals surface area contributed by atoms with Crippen LogP contribution < -0.4 is 5.73 Å². The first kappa shape index (κ1) is 14.9. The van der Waals surface area contributed by atoms with E-state index in [2.05, 4.69) is 0 Å². The molecule has 1 aliphatic heterocycles. The first-order chi connectivity index (χ1) is 10.0. The minimum Gasteiger partial charge on any atom is -0.391 e. The van der Waals surface area contributed by atoms with Gasteiger partial charge in [0.1, 0.15) is 5.54 Å². The number of thiocarbonyl (C=S) groups is 1. The summed E-state index contributed by atoms with van der Waals surface area (Å²) in [5, 5.41) is 0. The lowest BCUT2D eigenvalue weighted by Crippen LogP contribution is -2.58. The van der Waals surface area contributed by atoms with Crippen molar-refractivity contribution in [3.05, 3.63) is 0 Å². The third-order valence-corrected chi connectivity index (χ3v) is 6.15. The molecule has 0 radical (unpaired) electrons. The molecule has 116 valence electrons. The maximum Gasteiger partial charge on any atom is 0.236 e. The molecule has 0 unspecified atom stereocenters. The van der Waals surface area contributed by atoms with Gasteiger partial charge in [0.2, 0.25) is 11.8 Å². The van der Waals surface area contributed by atoms with Gasteiger partial charge in [-0.05, 0) is 25.7 Å². The third-order valence-electron chi connectivity index (χ3n) is 5.77. The highest BCUT2D eigenvalue weighted by atomic mass is 32.1. The van der Waals surface area contributed by atoms with Gasteiger partial charge >= 0.3 is 0 Å². The molecule has 1 spiro atoms. The number of carbonyl (C=O) groups is 2. The Kier molecular flexibility index (Phi) is 3.80. The van der Waals surface area contributed by atoms with Gasteiger partial charge in [-0.2, -0.15) is 0 Å². The van der Waals surface area contributed by atoms with Crippen molar-refractivity contribution in [2.24, 2.45) is 11.1 Å². The molecule has 21 heavy (non-hydrogen) atoms. The molecular weight excluding hydrogens is 284 g/mol. The molecule has 2 amide bonds.